The lowest BCUT2D eigenvalue weighted by Gasteiger charge is -2.10. The van der Waals surface area contributed by atoms with Crippen molar-refractivity contribution in [2.24, 2.45) is 0 Å². The molecule has 0 atom stereocenters. The number of pyridine rings is 1. The summed E-state index contributed by atoms with van der Waals surface area (Å²) >= 11 is 6.01. The monoisotopic (exact) mass is 410 g/mol. The van der Waals surface area contributed by atoms with E-state index >= 15 is 0 Å². The molecule has 1 amide bonds. The van der Waals surface area contributed by atoms with Crippen LogP contribution in [0.25, 0.3) is 5.69 Å². The number of rotatable bonds is 5. The number of anilines is 1. The highest BCUT2D eigenvalue weighted by Gasteiger charge is 2.28. The van der Waals surface area contributed by atoms with Crippen LogP contribution in [-0.4, -0.2) is 33.5 Å². The molecule has 146 valence electrons. The number of aryl methyl sites for hydroxylation is 1. The van der Waals surface area contributed by atoms with Gasteiger partial charge in [-0.2, -0.15) is 18.3 Å². The van der Waals surface area contributed by atoms with Crippen LogP contribution in [0.4, 0.5) is 19.0 Å². The minimum absolute atomic E-state index is 0.149. The Hall–Kier alpha value is -3.07. The largest absolute Gasteiger partial charge is 0.468 e. The van der Waals surface area contributed by atoms with E-state index in [0.717, 1.165) is 6.20 Å². The fraction of sp³-hybridized carbons (Fsp3) is 0.167. The Labute approximate surface area is 162 Å². The average molecular weight is 411 g/mol. The lowest BCUT2D eigenvalue weighted by atomic mass is 10.2. The Morgan fingerprint density at radius 3 is 2.68 bits per heavy atom. The first-order chi connectivity index (χ1) is 13.2. The maximum Gasteiger partial charge on any atom is 0.422 e. The predicted molar refractivity (Wildman–Crippen MR) is 97.1 cm³/mol. The average Bonchev–Trinajstić information content (AvgIpc) is 3.00. The fourth-order valence-electron chi connectivity index (χ4n) is 2.34. The third kappa shape index (κ3) is 5.01. The summed E-state index contributed by atoms with van der Waals surface area (Å²) in [7, 11) is 0. The van der Waals surface area contributed by atoms with Gasteiger partial charge >= 0.3 is 6.18 Å². The molecule has 28 heavy (non-hydrogen) atoms. The summed E-state index contributed by atoms with van der Waals surface area (Å²) < 4.78 is 42.5. The lowest BCUT2D eigenvalue weighted by Crippen LogP contribution is -2.20. The predicted octanol–water partition coefficient (Wildman–Crippen LogP) is 4.42. The van der Waals surface area contributed by atoms with E-state index in [1.54, 1.807) is 37.3 Å². The summed E-state index contributed by atoms with van der Waals surface area (Å²) in [5.74, 6) is -0.325. The topological polar surface area (TPSA) is 69.0 Å². The summed E-state index contributed by atoms with van der Waals surface area (Å²) in [6.45, 7) is 0.314. The van der Waals surface area contributed by atoms with E-state index in [0.29, 0.717) is 22.2 Å². The van der Waals surface area contributed by atoms with Gasteiger partial charge in [0.1, 0.15) is 5.82 Å². The van der Waals surface area contributed by atoms with Crippen LogP contribution in [0, 0.1) is 6.92 Å². The van der Waals surface area contributed by atoms with E-state index in [-0.39, 0.29) is 11.4 Å². The van der Waals surface area contributed by atoms with Crippen LogP contribution >= 0.6 is 11.6 Å². The van der Waals surface area contributed by atoms with E-state index in [2.05, 4.69) is 20.1 Å². The molecule has 0 radical (unpaired) electrons. The Morgan fingerprint density at radius 1 is 1.25 bits per heavy atom. The summed E-state index contributed by atoms with van der Waals surface area (Å²) in [5.41, 5.74) is 1.48. The van der Waals surface area contributed by atoms with Crippen LogP contribution in [-0.2, 0) is 0 Å². The second-order valence-electron chi connectivity index (χ2n) is 5.81. The molecule has 0 unspecified atom stereocenters. The molecule has 0 spiro atoms. The van der Waals surface area contributed by atoms with Gasteiger partial charge in [-0.05, 0) is 31.2 Å². The fourth-order valence-corrected chi connectivity index (χ4v) is 2.52. The maximum absolute atomic E-state index is 12.5. The normalized spacial score (nSPS) is 11.3. The number of aromatic nitrogens is 3. The smallest absolute Gasteiger partial charge is 0.422 e. The number of hydrogen-bond acceptors (Lipinski definition) is 4. The third-order valence-electron chi connectivity index (χ3n) is 3.51. The standard InChI is InChI=1S/C18H14ClF3N4O2/c1-11-7-15(26(25-11)14-4-2-3-13(19)8-14)24-17(27)12-5-6-16(23-9-12)28-10-18(20,21)22/h2-9H,10H2,1H3,(H,24,27). The second-order valence-corrected chi connectivity index (χ2v) is 6.24. The number of benzene rings is 1. The minimum atomic E-state index is -4.46. The molecule has 2 aromatic heterocycles. The van der Waals surface area contributed by atoms with Gasteiger partial charge < -0.3 is 10.1 Å². The first-order valence-electron chi connectivity index (χ1n) is 8.01. The van der Waals surface area contributed by atoms with E-state index in [1.807, 2.05) is 0 Å². The Balaban J connectivity index is 1.75. The molecule has 0 aliphatic rings. The molecule has 10 heteroatoms. The molecule has 0 aliphatic carbocycles. The van der Waals surface area contributed by atoms with Crippen molar-refractivity contribution >= 4 is 23.3 Å². The first-order valence-corrected chi connectivity index (χ1v) is 8.39. The van der Waals surface area contributed by atoms with Crippen LogP contribution < -0.4 is 10.1 Å². The molecule has 2 heterocycles. The molecule has 0 bridgehead atoms. The SMILES string of the molecule is Cc1cc(NC(=O)c2ccc(OCC(F)(F)F)nc2)n(-c2cccc(Cl)c2)n1. The molecule has 1 aromatic carbocycles. The number of carbonyl (C=O) groups is 1. The van der Waals surface area contributed by atoms with Crippen molar-refractivity contribution in [2.45, 2.75) is 13.1 Å². The number of ether oxygens (including phenoxy) is 1. The van der Waals surface area contributed by atoms with E-state index in [1.165, 1.54) is 16.8 Å². The van der Waals surface area contributed by atoms with Crippen molar-refractivity contribution in [3.05, 3.63) is 64.9 Å². The zero-order chi connectivity index (χ0) is 20.3. The van der Waals surface area contributed by atoms with Gasteiger partial charge in [-0.15, -0.1) is 0 Å². The molecule has 0 aliphatic heterocycles. The zero-order valence-corrected chi connectivity index (χ0v) is 15.3. The Morgan fingerprint density at radius 2 is 2.04 bits per heavy atom. The number of amides is 1. The van der Waals surface area contributed by atoms with E-state index in [9.17, 15) is 18.0 Å². The van der Waals surface area contributed by atoms with Crippen molar-refractivity contribution in [2.75, 3.05) is 11.9 Å². The maximum atomic E-state index is 12.5. The Kier molecular flexibility index (Phi) is 5.55. The van der Waals surface area contributed by atoms with Crippen molar-refractivity contribution in [3.63, 3.8) is 0 Å². The molecular formula is C18H14ClF3N4O2. The summed E-state index contributed by atoms with van der Waals surface area (Å²) in [6, 6.07) is 11.1. The second kappa shape index (κ2) is 7.89. The summed E-state index contributed by atoms with van der Waals surface area (Å²) in [6.07, 6.45) is -3.33. The third-order valence-corrected chi connectivity index (χ3v) is 3.74. The number of nitrogens with one attached hydrogen (secondary N) is 1. The number of carbonyl (C=O) groups excluding carboxylic acids is 1. The van der Waals surface area contributed by atoms with Crippen LogP contribution in [0.2, 0.25) is 5.02 Å². The van der Waals surface area contributed by atoms with Crippen molar-refractivity contribution < 1.29 is 22.7 Å². The van der Waals surface area contributed by atoms with Crippen LogP contribution in [0.15, 0.2) is 48.7 Å². The number of halogens is 4. The van der Waals surface area contributed by atoms with Gasteiger partial charge in [0.25, 0.3) is 5.91 Å². The van der Waals surface area contributed by atoms with Crippen molar-refractivity contribution in [1.82, 2.24) is 14.8 Å². The highest BCUT2D eigenvalue weighted by atomic mass is 35.5. The highest BCUT2D eigenvalue weighted by molar-refractivity contribution is 6.30. The van der Waals surface area contributed by atoms with Gasteiger partial charge in [0, 0.05) is 23.4 Å². The van der Waals surface area contributed by atoms with Gasteiger partial charge in [-0.25, -0.2) is 9.67 Å². The van der Waals surface area contributed by atoms with Gasteiger partial charge in [-0.3, -0.25) is 4.79 Å². The molecule has 0 saturated carbocycles. The molecule has 6 nitrogen and oxygen atoms in total. The van der Waals surface area contributed by atoms with E-state index in [4.69, 9.17) is 11.6 Å². The van der Waals surface area contributed by atoms with Gasteiger partial charge in [0.15, 0.2) is 6.61 Å². The molecule has 0 saturated heterocycles. The van der Waals surface area contributed by atoms with Crippen LogP contribution in [0.1, 0.15) is 16.1 Å². The molecule has 0 fully saturated rings. The number of nitrogens with zero attached hydrogens (tertiary/aromatic N) is 3. The van der Waals surface area contributed by atoms with Gasteiger partial charge in [0.2, 0.25) is 5.88 Å². The summed E-state index contributed by atoms with van der Waals surface area (Å²) in [5, 5.41) is 7.55. The van der Waals surface area contributed by atoms with Gasteiger partial charge in [-0.1, -0.05) is 17.7 Å². The zero-order valence-electron chi connectivity index (χ0n) is 14.5. The van der Waals surface area contributed by atoms with Crippen molar-refractivity contribution in [3.8, 4) is 11.6 Å². The quantitative estimate of drug-likeness (QED) is 0.676. The summed E-state index contributed by atoms with van der Waals surface area (Å²) in [4.78, 5) is 16.2. The number of alkyl halides is 3. The first kappa shape index (κ1) is 19.7. The highest BCUT2D eigenvalue weighted by Crippen LogP contribution is 2.21. The number of hydrogen-bond donors (Lipinski definition) is 1. The Bertz CT molecular complexity index is 987. The van der Waals surface area contributed by atoms with Crippen molar-refractivity contribution in [1.29, 1.82) is 0 Å². The van der Waals surface area contributed by atoms with E-state index < -0.39 is 18.7 Å². The van der Waals surface area contributed by atoms with Crippen LogP contribution in [0.5, 0.6) is 5.88 Å². The molecule has 3 rings (SSSR count). The molecular weight excluding hydrogens is 397 g/mol. The molecule has 1 N–H and O–H groups in total. The molecule has 3 aromatic rings. The van der Waals surface area contributed by atoms with Crippen LogP contribution in [0.3, 0.4) is 0 Å². The minimum Gasteiger partial charge on any atom is -0.468 e. The lowest BCUT2D eigenvalue weighted by molar-refractivity contribution is -0.154. The van der Waals surface area contributed by atoms with Gasteiger partial charge in [0.05, 0.1) is 16.9 Å².